The fraction of sp³-hybridized carbons (Fsp3) is 0.214. The molecule has 2 aromatic heterocycles. The highest BCUT2D eigenvalue weighted by Gasteiger charge is 2.14. The standard InChI is InChI=1S/C28H29N3/c1-5-7-10-22(6-2)13-14-23-11-8-9-12-26(23)27-20-31(19-25(27)18-29)28-17-24(21(3)4)15-16-30-28/h5,7-12,15-17,19-20H,3,6,13-14H2,1-2,4H3/b7-5-,22-10+. The third kappa shape index (κ3) is 5.29. The summed E-state index contributed by atoms with van der Waals surface area (Å²) in [6.07, 6.45) is 15.0. The maximum atomic E-state index is 9.81. The number of rotatable bonds is 8. The van der Waals surface area contributed by atoms with Crippen molar-refractivity contribution in [3.05, 3.63) is 102 Å². The first-order chi connectivity index (χ1) is 15.1. The molecule has 1 aromatic carbocycles. The number of hydrogen-bond donors (Lipinski definition) is 0. The van der Waals surface area contributed by atoms with E-state index in [2.05, 4.69) is 61.0 Å². The molecule has 0 bridgehead atoms. The molecule has 0 atom stereocenters. The van der Waals surface area contributed by atoms with Crippen molar-refractivity contribution in [2.24, 2.45) is 0 Å². The van der Waals surface area contributed by atoms with Crippen LogP contribution in [0.5, 0.6) is 0 Å². The first-order valence-electron chi connectivity index (χ1n) is 10.7. The lowest BCUT2D eigenvalue weighted by Gasteiger charge is -2.10. The summed E-state index contributed by atoms with van der Waals surface area (Å²) in [5.74, 6) is 0.781. The van der Waals surface area contributed by atoms with E-state index in [1.807, 2.05) is 49.0 Å². The van der Waals surface area contributed by atoms with Crippen molar-refractivity contribution in [2.75, 3.05) is 0 Å². The van der Waals surface area contributed by atoms with Gasteiger partial charge in [-0.1, -0.05) is 67.1 Å². The SMILES string of the molecule is C=C(C)c1ccnc(-n2cc(C#N)c(-c3ccccc3CC/C(=C/C=C\C)CC)c2)c1. The predicted octanol–water partition coefficient (Wildman–Crippen LogP) is 7.29. The van der Waals surface area contributed by atoms with Gasteiger partial charge in [0, 0.05) is 24.2 Å². The van der Waals surface area contributed by atoms with E-state index in [0.29, 0.717) is 5.56 Å². The van der Waals surface area contributed by atoms with Gasteiger partial charge in [-0.15, -0.1) is 0 Å². The van der Waals surface area contributed by atoms with Crippen LogP contribution in [-0.2, 0) is 6.42 Å². The Morgan fingerprint density at radius 2 is 2.00 bits per heavy atom. The Morgan fingerprint density at radius 1 is 1.19 bits per heavy atom. The van der Waals surface area contributed by atoms with Gasteiger partial charge < -0.3 is 4.57 Å². The van der Waals surface area contributed by atoms with Gasteiger partial charge in [-0.3, -0.25) is 0 Å². The van der Waals surface area contributed by atoms with Gasteiger partial charge >= 0.3 is 0 Å². The molecule has 0 saturated carbocycles. The second kappa shape index (κ2) is 10.4. The predicted molar refractivity (Wildman–Crippen MR) is 130 cm³/mol. The molecule has 0 spiro atoms. The average Bonchev–Trinajstić information content (AvgIpc) is 3.24. The van der Waals surface area contributed by atoms with Crippen molar-refractivity contribution in [3.63, 3.8) is 0 Å². The van der Waals surface area contributed by atoms with Crippen LogP contribution in [0.1, 0.15) is 50.3 Å². The van der Waals surface area contributed by atoms with Gasteiger partial charge in [-0.05, 0) is 61.9 Å². The van der Waals surface area contributed by atoms with Gasteiger partial charge in [0.05, 0.1) is 5.56 Å². The molecular weight excluding hydrogens is 378 g/mol. The van der Waals surface area contributed by atoms with E-state index >= 15 is 0 Å². The van der Waals surface area contributed by atoms with Gasteiger partial charge in [0.2, 0.25) is 0 Å². The van der Waals surface area contributed by atoms with Gasteiger partial charge in [-0.25, -0.2) is 4.98 Å². The smallest absolute Gasteiger partial charge is 0.137 e. The Labute approximate surface area is 185 Å². The highest BCUT2D eigenvalue weighted by Crippen LogP contribution is 2.30. The lowest BCUT2D eigenvalue weighted by molar-refractivity contribution is 0.886. The molecule has 31 heavy (non-hydrogen) atoms. The van der Waals surface area contributed by atoms with Crippen LogP contribution >= 0.6 is 0 Å². The number of allylic oxidation sites excluding steroid dienone is 5. The molecule has 0 N–H and O–H groups in total. The van der Waals surface area contributed by atoms with Gasteiger partial charge in [0.25, 0.3) is 0 Å². The van der Waals surface area contributed by atoms with E-state index < -0.39 is 0 Å². The van der Waals surface area contributed by atoms with Crippen LogP contribution in [0.15, 0.2) is 85.4 Å². The molecule has 0 aliphatic rings. The van der Waals surface area contributed by atoms with Crippen LogP contribution in [0.4, 0.5) is 0 Å². The van der Waals surface area contributed by atoms with E-state index in [0.717, 1.165) is 47.3 Å². The summed E-state index contributed by atoms with van der Waals surface area (Å²) in [5, 5.41) is 9.81. The number of aromatic nitrogens is 2. The van der Waals surface area contributed by atoms with Gasteiger partial charge in [0.15, 0.2) is 0 Å². The molecule has 3 heteroatoms. The average molecular weight is 408 g/mol. The Balaban J connectivity index is 1.98. The Kier molecular flexibility index (Phi) is 7.40. The lowest BCUT2D eigenvalue weighted by Crippen LogP contribution is -1.95. The van der Waals surface area contributed by atoms with E-state index in [4.69, 9.17) is 0 Å². The minimum atomic E-state index is 0.648. The molecule has 0 fully saturated rings. The summed E-state index contributed by atoms with van der Waals surface area (Å²) in [4.78, 5) is 4.49. The van der Waals surface area contributed by atoms with Crippen molar-refractivity contribution in [1.29, 1.82) is 5.26 Å². The highest BCUT2D eigenvalue weighted by molar-refractivity contribution is 5.74. The topological polar surface area (TPSA) is 41.6 Å². The molecule has 2 heterocycles. The normalized spacial score (nSPS) is 11.6. The van der Waals surface area contributed by atoms with Crippen LogP contribution in [0.3, 0.4) is 0 Å². The van der Waals surface area contributed by atoms with Crippen LogP contribution in [-0.4, -0.2) is 9.55 Å². The monoisotopic (exact) mass is 407 g/mol. The van der Waals surface area contributed by atoms with Crippen LogP contribution in [0.25, 0.3) is 22.5 Å². The maximum absolute atomic E-state index is 9.81. The molecule has 0 amide bonds. The summed E-state index contributed by atoms with van der Waals surface area (Å²) >= 11 is 0. The molecule has 0 radical (unpaired) electrons. The largest absolute Gasteiger partial charge is 0.307 e. The fourth-order valence-electron chi connectivity index (χ4n) is 3.62. The van der Waals surface area contributed by atoms with Crippen molar-refractivity contribution < 1.29 is 0 Å². The zero-order valence-corrected chi connectivity index (χ0v) is 18.6. The first-order valence-corrected chi connectivity index (χ1v) is 10.7. The lowest BCUT2D eigenvalue weighted by atomic mass is 9.94. The Bertz CT molecular complexity index is 1170. The second-order valence-electron chi connectivity index (χ2n) is 7.65. The summed E-state index contributed by atoms with van der Waals surface area (Å²) in [7, 11) is 0. The minimum Gasteiger partial charge on any atom is -0.307 e. The molecule has 156 valence electrons. The van der Waals surface area contributed by atoms with Crippen molar-refractivity contribution in [2.45, 2.75) is 40.0 Å². The Hall–Kier alpha value is -3.64. The van der Waals surface area contributed by atoms with Crippen molar-refractivity contribution in [3.8, 4) is 23.0 Å². The van der Waals surface area contributed by atoms with Crippen LogP contribution < -0.4 is 0 Å². The third-order valence-electron chi connectivity index (χ3n) is 5.45. The molecule has 0 aliphatic heterocycles. The van der Waals surface area contributed by atoms with Crippen molar-refractivity contribution >= 4 is 5.57 Å². The number of pyridine rings is 1. The van der Waals surface area contributed by atoms with Gasteiger partial charge in [0.1, 0.15) is 11.9 Å². The van der Waals surface area contributed by atoms with Crippen molar-refractivity contribution in [1.82, 2.24) is 9.55 Å². The molecule has 3 rings (SSSR count). The number of nitriles is 1. The molecule has 3 aromatic rings. The first kappa shape index (κ1) is 22.1. The Morgan fingerprint density at radius 3 is 2.71 bits per heavy atom. The summed E-state index contributed by atoms with van der Waals surface area (Å²) in [6, 6.07) is 14.7. The number of nitrogens with zero attached hydrogens (tertiary/aromatic N) is 3. The quantitative estimate of drug-likeness (QED) is 0.368. The van der Waals surface area contributed by atoms with Crippen LogP contribution in [0, 0.1) is 11.3 Å². The second-order valence-corrected chi connectivity index (χ2v) is 7.65. The molecular formula is C28H29N3. The molecule has 0 aliphatic carbocycles. The zero-order chi connectivity index (χ0) is 22.2. The van der Waals surface area contributed by atoms with E-state index in [1.54, 1.807) is 6.20 Å². The summed E-state index contributed by atoms with van der Waals surface area (Å²) in [6.45, 7) is 10.2. The van der Waals surface area contributed by atoms with Gasteiger partial charge in [-0.2, -0.15) is 5.26 Å². The molecule has 0 unspecified atom stereocenters. The van der Waals surface area contributed by atoms with E-state index in [1.165, 1.54) is 11.1 Å². The van der Waals surface area contributed by atoms with E-state index in [-0.39, 0.29) is 0 Å². The number of hydrogen-bond acceptors (Lipinski definition) is 2. The number of aryl methyl sites for hydroxylation is 1. The maximum Gasteiger partial charge on any atom is 0.137 e. The van der Waals surface area contributed by atoms with Crippen LogP contribution in [0.2, 0.25) is 0 Å². The molecule has 3 nitrogen and oxygen atoms in total. The minimum absolute atomic E-state index is 0.648. The molecule has 0 saturated heterocycles. The number of benzene rings is 1. The van der Waals surface area contributed by atoms with E-state index in [9.17, 15) is 5.26 Å². The summed E-state index contributed by atoms with van der Waals surface area (Å²) in [5.41, 5.74) is 7.40. The zero-order valence-electron chi connectivity index (χ0n) is 18.6. The third-order valence-corrected chi connectivity index (χ3v) is 5.45. The fourth-order valence-corrected chi connectivity index (χ4v) is 3.62. The highest BCUT2D eigenvalue weighted by atomic mass is 15.0. The summed E-state index contributed by atoms with van der Waals surface area (Å²) < 4.78 is 1.93.